The molecule has 0 unspecified atom stereocenters. The molecule has 14 nitrogen and oxygen atoms in total. The number of nitrogens with zero attached hydrogens (tertiary/aromatic N) is 3. The Morgan fingerprint density at radius 2 is 1.73 bits per heavy atom. The first-order chi connectivity index (χ1) is 23.1. The van der Waals surface area contributed by atoms with E-state index in [1.165, 1.54) is 4.90 Å². The molecule has 1 saturated heterocycles. The summed E-state index contributed by atoms with van der Waals surface area (Å²) in [7, 11) is 8.23. The smallest absolute Gasteiger partial charge is 0.255 e. The number of aromatic hydroxyl groups is 1. The van der Waals surface area contributed by atoms with Crippen LogP contribution in [0.15, 0.2) is 47.2 Å². The summed E-state index contributed by atoms with van der Waals surface area (Å²) in [6.07, 6.45) is 0.110. The molecule has 1 aliphatic heterocycles. The van der Waals surface area contributed by atoms with Crippen molar-refractivity contribution in [3.8, 4) is 11.5 Å². The number of phenols is 1. The van der Waals surface area contributed by atoms with Crippen molar-refractivity contribution in [2.75, 3.05) is 58.6 Å². The van der Waals surface area contributed by atoms with Crippen molar-refractivity contribution in [1.29, 1.82) is 0 Å². The Morgan fingerprint density at radius 3 is 2.31 bits per heavy atom. The van der Waals surface area contributed by atoms with E-state index in [1.54, 1.807) is 46.3 Å². The lowest BCUT2D eigenvalue weighted by Crippen LogP contribution is -2.65. The second-order valence-corrected chi connectivity index (χ2v) is 13.7. The average Bonchev–Trinajstić information content (AvgIpc) is 3.01. The number of anilines is 2. The Balaban J connectivity index is 1.32. The minimum Gasteiger partial charge on any atom is -0.508 e. The number of ether oxygens (including phenoxy) is 1. The van der Waals surface area contributed by atoms with E-state index in [1.807, 2.05) is 24.3 Å². The van der Waals surface area contributed by atoms with Gasteiger partial charge in [0, 0.05) is 50.9 Å². The van der Waals surface area contributed by atoms with Crippen LogP contribution in [0.25, 0.3) is 5.76 Å². The molecule has 7 N–H and O–H groups in total. The van der Waals surface area contributed by atoms with Gasteiger partial charge in [0.05, 0.1) is 30.3 Å². The summed E-state index contributed by atoms with van der Waals surface area (Å²) in [6, 6.07) is 8.12. The fraction of sp³-hybridized carbons (Fsp3) is 0.429. The van der Waals surface area contributed by atoms with E-state index >= 15 is 0 Å². The number of nitrogens with one attached hydrogen (secondary N) is 1. The molecule has 1 heterocycles. The molecule has 6 rings (SSSR count). The quantitative estimate of drug-likeness (QED) is 0.172. The number of ketones is 2. The van der Waals surface area contributed by atoms with Crippen LogP contribution >= 0.6 is 0 Å². The van der Waals surface area contributed by atoms with Crippen LogP contribution in [-0.2, 0) is 32.1 Å². The number of amides is 2. The highest BCUT2D eigenvalue weighted by atomic mass is 16.5. The summed E-state index contributed by atoms with van der Waals surface area (Å²) in [4.78, 5) is 58.4. The number of likely N-dealkylation sites (N-methyl/N-ethyl adjacent to an activating group) is 1. The third-order valence-corrected chi connectivity index (χ3v) is 10.3. The molecule has 49 heavy (non-hydrogen) atoms. The fourth-order valence-electron chi connectivity index (χ4n) is 7.87. The van der Waals surface area contributed by atoms with Gasteiger partial charge in [-0.1, -0.05) is 12.1 Å². The van der Waals surface area contributed by atoms with E-state index < -0.39 is 63.8 Å². The maximum atomic E-state index is 14.2. The van der Waals surface area contributed by atoms with Crippen molar-refractivity contribution in [2.24, 2.45) is 23.5 Å². The van der Waals surface area contributed by atoms with Gasteiger partial charge in [0.15, 0.2) is 11.4 Å². The molecule has 14 heteroatoms. The maximum absolute atomic E-state index is 14.2. The molecule has 2 amide bonds. The van der Waals surface area contributed by atoms with E-state index in [9.17, 15) is 39.6 Å². The number of fused-ring (bicyclic) bond motifs is 3. The normalized spacial score (nSPS) is 25.4. The highest BCUT2D eigenvalue weighted by molar-refractivity contribution is 6.24. The monoisotopic (exact) mass is 675 g/mol. The molecule has 4 atom stereocenters. The second kappa shape index (κ2) is 12.2. The minimum absolute atomic E-state index is 0.0212. The van der Waals surface area contributed by atoms with Crippen molar-refractivity contribution < 1.29 is 44.3 Å². The number of benzene rings is 2. The molecule has 4 aliphatic rings. The molecule has 0 aromatic heterocycles. The number of likely N-dealkylation sites (tertiary alicyclic amines) is 1. The summed E-state index contributed by atoms with van der Waals surface area (Å²) < 4.78 is 5.21. The van der Waals surface area contributed by atoms with Gasteiger partial charge in [-0.25, -0.2) is 0 Å². The summed E-state index contributed by atoms with van der Waals surface area (Å²) in [5.74, 6) is -7.25. The lowest BCUT2D eigenvalue weighted by molar-refractivity contribution is -0.153. The summed E-state index contributed by atoms with van der Waals surface area (Å²) in [5, 5.41) is 49.0. The number of carbonyl (C=O) groups is 4. The second-order valence-electron chi connectivity index (χ2n) is 13.7. The van der Waals surface area contributed by atoms with Gasteiger partial charge >= 0.3 is 0 Å². The molecular weight excluding hydrogens is 634 g/mol. The predicted octanol–water partition coefficient (Wildman–Crippen LogP) is 1.11. The zero-order chi connectivity index (χ0) is 35.7. The third kappa shape index (κ3) is 5.30. The molecule has 0 radical (unpaired) electrons. The van der Waals surface area contributed by atoms with Crippen molar-refractivity contribution in [2.45, 2.75) is 31.0 Å². The third-order valence-electron chi connectivity index (χ3n) is 10.3. The van der Waals surface area contributed by atoms with Crippen LogP contribution in [0.3, 0.4) is 0 Å². The van der Waals surface area contributed by atoms with E-state index in [4.69, 9.17) is 10.5 Å². The average molecular weight is 676 g/mol. The van der Waals surface area contributed by atoms with Gasteiger partial charge in [-0.2, -0.15) is 0 Å². The van der Waals surface area contributed by atoms with E-state index in [-0.39, 0.29) is 41.5 Å². The van der Waals surface area contributed by atoms with Crippen molar-refractivity contribution in [3.63, 3.8) is 0 Å². The molecular formula is C35H41N5O9. The minimum atomic E-state index is -2.74. The molecule has 260 valence electrons. The summed E-state index contributed by atoms with van der Waals surface area (Å²) in [5.41, 5.74) is 3.62. The summed E-state index contributed by atoms with van der Waals surface area (Å²) in [6.45, 7) is 1.65. The number of methoxy groups -OCH3 is 1. The number of primary amides is 1. The molecule has 0 bridgehead atoms. The highest BCUT2D eigenvalue weighted by Crippen LogP contribution is 2.54. The zero-order valence-corrected chi connectivity index (χ0v) is 28.0. The Hall–Kier alpha value is -4.92. The van der Waals surface area contributed by atoms with Crippen molar-refractivity contribution in [1.82, 2.24) is 9.80 Å². The molecule has 0 spiro atoms. The predicted molar refractivity (Wildman–Crippen MR) is 179 cm³/mol. The number of nitrogens with two attached hydrogens (primary N) is 1. The number of rotatable bonds is 8. The molecule has 2 aromatic rings. The lowest BCUT2D eigenvalue weighted by Gasteiger charge is -2.50. The van der Waals surface area contributed by atoms with Gasteiger partial charge in [-0.3, -0.25) is 29.0 Å². The number of hydrogen-bond acceptors (Lipinski definition) is 12. The molecule has 1 saturated carbocycles. The Kier molecular flexibility index (Phi) is 8.45. The Labute approximate surface area is 283 Å². The number of aliphatic hydroxyl groups is 3. The van der Waals surface area contributed by atoms with Gasteiger partial charge < -0.3 is 41.1 Å². The van der Waals surface area contributed by atoms with E-state index in [0.29, 0.717) is 30.9 Å². The molecule has 2 aromatic carbocycles. The number of hydrogen-bond donors (Lipinski definition) is 6. The van der Waals surface area contributed by atoms with Gasteiger partial charge in [0.2, 0.25) is 11.7 Å². The number of aliphatic hydroxyl groups excluding tert-OH is 2. The number of carbonyl (C=O) groups excluding carboxylic acids is 4. The van der Waals surface area contributed by atoms with Gasteiger partial charge in [-0.15, -0.1) is 0 Å². The van der Waals surface area contributed by atoms with Gasteiger partial charge in [-0.05, 0) is 62.2 Å². The van der Waals surface area contributed by atoms with Crippen LogP contribution < -0.4 is 20.7 Å². The van der Waals surface area contributed by atoms with Crippen LogP contribution in [0.2, 0.25) is 0 Å². The van der Waals surface area contributed by atoms with Crippen LogP contribution in [0.4, 0.5) is 11.4 Å². The lowest BCUT2D eigenvalue weighted by atomic mass is 9.57. The zero-order valence-electron chi connectivity index (χ0n) is 28.0. The highest BCUT2D eigenvalue weighted by Gasteiger charge is 2.64. The largest absolute Gasteiger partial charge is 0.508 e. The Bertz CT molecular complexity index is 1830. The van der Waals surface area contributed by atoms with Crippen LogP contribution in [0.1, 0.15) is 23.1 Å². The first kappa shape index (κ1) is 34.0. The Morgan fingerprint density at radius 1 is 1.08 bits per heavy atom. The fourth-order valence-corrected chi connectivity index (χ4v) is 7.87. The maximum Gasteiger partial charge on any atom is 0.255 e. The first-order valence-electron chi connectivity index (χ1n) is 16.0. The van der Waals surface area contributed by atoms with Crippen LogP contribution in [-0.4, -0.2) is 114 Å². The van der Waals surface area contributed by atoms with Crippen LogP contribution in [0, 0.1) is 17.8 Å². The van der Waals surface area contributed by atoms with E-state index in [2.05, 4.69) is 10.2 Å². The van der Waals surface area contributed by atoms with Crippen LogP contribution in [0.5, 0.6) is 11.5 Å². The molecule has 2 fully saturated rings. The van der Waals surface area contributed by atoms with Gasteiger partial charge in [0.25, 0.3) is 5.91 Å². The summed E-state index contributed by atoms with van der Waals surface area (Å²) >= 11 is 0. The van der Waals surface area contributed by atoms with E-state index in [0.717, 1.165) is 11.3 Å². The topological polar surface area (TPSA) is 206 Å². The first-order valence-corrected chi connectivity index (χ1v) is 16.0. The SMILES string of the molecule is COc1ccc(CN2CC(C(=O)Nc3cc(N(C)C)c4c(c3O)C(O)=C3C(=O)[C@]5(O)C(O)=C(C(N)=O)C(=O)[C@@H](N(C)C)[C@@H]5C[C@@H]3C4)C2)cc1. The van der Waals surface area contributed by atoms with Gasteiger partial charge in [0.1, 0.15) is 28.6 Å². The van der Waals surface area contributed by atoms with Crippen molar-refractivity contribution in [3.05, 3.63) is 63.9 Å². The number of Topliss-reactive ketones (excluding diaryl/α,β-unsaturated/α-hetero) is 2. The molecule has 3 aliphatic carbocycles. The standard InChI is InChI=1S/C35H41N5O9/c1-38(2)23-12-22(37-34(47)18-14-40(15-18)13-16-6-8-19(49-5)9-7-16)28(41)25-20(23)10-17-11-21-27(39(3)4)30(43)26(33(36)46)32(45)35(21,48)31(44)24(17)29(25)42/h6-9,12,17-18,21,27,41-42,45,48H,10-11,13-15H2,1-5H3,(H2,36,46)(H,37,47)/t17-,21-,27-,35-/m0/s1. The van der Waals surface area contributed by atoms with Crippen molar-refractivity contribution >= 4 is 40.5 Å². The number of phenolic OH excluding ortho intramolecular Hbond substituents is 1.